The van der Waals surface area contributed by atoms with Crippen molar-refractivity contribution < 1.29 is 9.59 Å². The van der Waals surface area contributed by atoms with E-state index < -0.39 is 0 Å². The number of quaternary nitrogens is 1. The van der Waals surface area contributed by atoms with Gasteiger partial charge in [-0.25, -0.2) is 0 Å². The molecule has 0 aromatic carbocycles. The minimum absolute atomic E-state index is 0.336. The van der Waals surface area contributed by atoms with E-state index in [-0.39, 0.29) is 6.23 Å². The fourth-order valence-corrected chi connectivity index (χ4v) is 3.88. The van der Waals surface area contributed by atoms with E-state index in [4.69, 9.17) is 0 Å². The zero-order chi connectivity index (χ0) is 18.4. The molecule has 1 aliphatic rings. The Morgan fingerprint density at radius 3 is 2.16 bits per heavy atom. The summed E-state index contributed by atoms with van der Waals surface area (Å²) in [6.07, 6.45) is 24.6. The van der Waals surface area contributed by atoms with Gasteiger partial charge in [-0.15, -0.1) is 0 Å². The minimum atomic E-state index is -0.336. The maximum Gasteiger partial charge on any atom is 0.193 e. The van der Waals surface area contributed by atoms with Crippen LogP contribution in [0.15, 0.2) is 24.6 Å². The molecule has 146 valence electrons. The van der Waals surface area contributed by atoms with Gasteiger partial charge in [0.2, 0.25) is 0 Å². The van der Waals surface area contributed by atoms with Crippen molar-refractivity contribution in [3.05, 3.63) is 24.6 Å². The highest BCUT2D eigenvalue weighted by molar-refractivity contribution is 4.84. The van der Waals surface area contributed by atoms with Gasteiger partial charge in [0, 0.05) is 13.3 Å². The van der Waals surface area contributed by atoms with E-state index in [0.717, 1.165) is 13.0 Å². The highest BCUT2D eigenvalue weighted by Gasteiger charge is 2.40. The minimum Gasteiger partial charge on any atom is -0.345 e. The third-order valence-electron chi connectivity index (χ3n) is 5.70. The quantitative estimate of drug-likeness (QED) is 0.221. The fourth-order valence-electron chi connectivity index (χ4n) is 3.88. The summed E-state index contributed by atoms with van der Waals surface area (Å²) < 4.78 is 0.672. The van der Waals surface area contributed by atoms with Gasteiger partial charge in [0.15, 0.2) is 12.4 Å². The molecule has 0 spiro atoms. The molecule has 3 heteroatoms. The molecule has 0 fully saturated rings. The van der Waals surface area contributed by atoms with Crippen molar-refractivity contribution in [1.29, 1.82) is 0 Å². The van der Waals surface area contributed by atoms with Crippen molar-refractivity contribution in [2.75, 3.05) is 6.54 Å². The van der Waals surface area contributed by atoms with Crippen LogP contribution in [0.4, 0.5) is 0 Å². The predicted molar refractivity (Wildman–Crippen MR) is 109 cm³/mol. The highest BCUT2D eigenvalue weighted by atomic mass is 16.3. The number of allylic oxidation sites excluding steroid dienone is 2. The van der Waals surface area contributed by atoms with E-state index in [2.05, 4.69) is 37.5 Å². The van der Waals surface area contributed by atoms with Crippen LogP contribution in [-0.2, 0) is 0 Å². The molecule has 0 saturated heterocycles. The molecule has 0 aromatic rings. The van der Waals surface area contributed by atoms with Crippen LogP contribution in [0.1, 0.15) is 97.8 Å². The van der Waals surface area contributed by atoms with Crippen molar-refractivity contribution in [2.45, 2.75) is 110 Å². The van der Waals surface area contributed by atoms with Gasteiger partial charge in [0.25, 0.3) is 0 Å². The Morgan fingerprint density at radius 1 is 0.960 bits per heavy atom. The largest absolute Gasteiger partial charge is 0.345 e. The van der Waals surface area contributed by atoms with Gasteiger partial charge in [-0.2, -0.15) is 0 Å². The highest BCUT2D eigenvalue weighted by Crippen LogP contribution is 2.25. The average molecular weight is 352 g/mol. The first-order valence-corrected chi connectivity index (χ1v) is 10.8. The van der Waals surface area contributed by atoms with Crippen molar-refractivity contribution >= 4 is 0 Å². The summed E-state index contributed by atoms with van der Waals surface area (Å²) in [5.74, 6) is 0. The first kappa shape index (κ1) is 22.2. The van der Waals surface area contributed by atoms with Crippen molar-refractivity contribution in [3.63, 3.8) is 0 Å². The molecule has 0 amide bonds. The van der Waals surface area contributed by atoms with Crippen molar-refractivity contribution in [1.82, 2.24) is 5.32 Å². The summed E-state index contributed by atoms with van der Waals surface area (Å²) >= 11 is 0. The van der Waals surface area contributed by atoms with Crippen LogP contribution in [0.3, 0.4) is 0 Å². The number of aliphatic hydroxyl groups is 1. The summed E-state index contributed by atoms with van der Waals surface area (Å²) in [6, 6.07) is 0. The Morgan fingerprint density at radius 2 is 1.56 bits per heavy atom. The van der Waals surface area contributed by atoms with Crippen LogP contribution in [0.5, 0.6) is 0 Å². The SMILES string of the molecule is CCCC/C=C/CCCCCCCCCC1NC=C[N+]1(CC)C(C)O. The molecule has 3 unspecified atom stereocenters. The van der Waals surface area contributed by atoms with E-state index in [1.54, 1.807) is 0 Å². The molecule has 1 heterocycles. The molecule has 3 nitrogen and oxygen atoms in total. The lowest BCUT2D eigenvalue weighted by Gasteiger charge is -2.39. The maximum absolute atomic E-state index is 10.2. The second-order valence-electron chi connectivity index (χ2n) is 7.61. The van der Waals surface area contributed by atoms with E-state index in [0.29, 0.717) is 10.6 Å². The number of hydrogen-bond acceptors (Lipinski definition) is 2. The second-order valence-corrected chi connectivity index (χ2v) is 7.61. The van der Waals surface area contributed by atoms with Crippen LogP contribution < -0.4 is 5.32 Å². The maximum atomic E-state index is 10.2. The summed E-state index contributed by atoms with van der Waals surface area (Å²) in [4.78, 5) is 0. The van der Waals surface area contributed by atoms with E-state index in [9.17, 15) is 5.11 Å². The number of unbranched alkanes of at least 4 members (excludes halogenated alkanes) is 9. The number of hydrogen-bond donors (Lipinski definition) is 2. The van der Waals surface area contributed by atoms with Gasteiger partial charge in [-0.3, -0.25) is 4.48 Å². The second kappa shape index (κ2) is 13.4. The van der Waals surface area contributed by atoms with Crippen LogP contribution in [-0.4, -0.2) is 28.5 Å². The Hall–Kier alpha value is -0.800. The van der Waals surface area contributed by atoms with Crippen LogP contribution >= 0.6 is 0 Å². The number of rotatable bonds is 15. The summed E-state index contributed by atoms with van der Waals surface area (Å²) in [6.45, 7) is 7.27. The Kier molecular flexibility index (Phi) is 11.9. The van der Waals surface area contributed by atoms with Crippen LogP contribution in [0, 0.1) is 0 Å². The predicted octanol–water partition coefficient (Wildman–Crippen LogP) is 5.82. The Bertz CT molecular complexity index is 378. The summed E-state index contributed by atoms with van der Waals surface area (Å²) in [5.41, 5.74) is 0. The van der Waals surface area contributed by atoms with Gasteiger partial charge in [-0.05, 0) is 32.6 Å². The van der Waals surface area contributed by atoms with Gasteiger partial charge in [0.05, 0.1) is 12.7 Å². The topological polar surface area (TPSA) is 32.3 Å². The molecule has 0 radical (unpaired) electrons. The number of nitrogens with one attached hydrogen (secondary N) is 1. The monoisotopic (exact) mass is 351 g/mol. The molecular weight excluding hydrogens is 308 g/mol. The van der Waals surface area contributed by atoms with E-state index in [1.165, 1.54) is 70.6 Å². The van der Waals surface area contributed by atoms with Gasteiger partial charge >= 0.3 is 0 Å². The van der Waals surface area contributed by atoms with Gasteiger partial charge in [0.1, 0.15) is 6.20 Å². The average Bonchev–Trinajstić information content (AvgIpc) is 3.03. The first-order valence-electron chi connectivity index (χ1n) is 10.8. The van der Waals surface area contributed by atoms with E-state index in [1.807, 2.05) is 13.1 Å². The molecule has 2 N–H and O–H groups in total. The van der Waals surface area contributed by atoms with E-state index >= 15 is 0 Å². The smallest absolute Gasteiger partial charge is 0.193 e. The van der Waals surface area contributed by atoms with Crippen molar-refractivity contribution in [3.8, 4) is 0 Å². The molecular formula is C22H43N2O+. The zero-order valence-corrected chi connectivity index (χ0v) is 17.1. The third-order valence-corrected chi connectivity index (χ3v) is 5.70. The standard InChI is InChI=1S/C22H43N2O/c1-4-6-7-8-9-10-11-12-13-14-15-16-17-18-22-23-19-20-24(22,5-2)21(3)25/h8-9,19-23,25H,4-7,10-18H2,1-3H3/q+1/b9-8+. The summed E-state index contributed by atoms with van der Waals surface area (Å²) in [7, 11) is 0. The molecule has 3 atom stereocenters. The van der Waals surface area contributed by atoms with Crippen molar-refractivity contribution in [2.24, 2.45) is 0 Å². The molecule has 0 aliphatic carbocycles. The molecule has 0 saturated carbocycles. The van der Waals surface area contributed by atoms with Crippen LogP contribution in [0.2, 0.25) is 0 Å². The molecule has 1 rings (SSSR count). The number of nitrogens with zero attached hydrogens (tertiary/aromatic N) is 1. The normalized spacial score (nSPS) is 24.1. The zero-order valence-electron chi connectivity index (χ0n) is 17.1. The molecule has 25 heavy (non-hydrogen) atoms. The third kappa shape index (κ3) is 7.96. The Labute approximate surface area is 156 Å². The fraction of sp³-hybridized carbons (Fsp3) is 0.818. The number of aliphatic hydroxyl groups excluding tert-OH is 1. The molecule has 0 aromatic heterocycles. The summed E-state index contributed by atoms with van der Waals surface area (Å²) in [5, 5.41) is 13.6. The van der Waals surface area contributed by atoms with Gasteiger partial charge < -0.3 is 10.4 Å². The lowest BCUT2D eigenvalue weighted by molar-refractivity contribution is -0.942. The van der Waals surface area contributed by atoms with Crippen LogP contribution in [0.25, 0.3) is 0 Å². The lowest BCUT2D eigenvalue weighted by Crippen LogP contribution is -2.57. The van der Waals surface area contributed by atoms with Gasteiger partial charge in [-0.1, -0.05) is 64.0 Å². The lowest BCUT2D eigenvalue weighted by atomic mass is 10.1. The first-order chi connectivity index (χ1) is 12.2. The Balaban J connectivity index is 1.98. The molecule has 1 aliphatic heterocycles. The molecule has 0 bridgehead atoms.